The molecule has 3 nitrogen and oxygen atoms in total. The van der Waals surface area contributed by atoms with Crippen molar-refractivity contribution in [2.24, 2.45) is 0 Å². The van der Waals surface area contributed by atoms with E-state index >= 15 is 0 Å². The molecule has 0 saturated carbocycles. The molecule has 0 spiro atoms. The van der Waals surface area contributed by atoms with Crippen LogP contribution in [0.3, 0.4) is 0 Å². The van der Waals surface area contributed by atoms with Crippen LogP contribution in [0.1, 0.15) is 31.0 Å². The Hall–Kier alpha value is -0.830. The van der Waals surface area contributed by atoms with Crippen molar-refractivity contribution in [3.63, 3.8) is 0 Å². The van der Waals surface area contributed by atoms with Crippen LogP contribution in [0.5, 0.6) is 0 Å². The zero-order chi connectivity index (χ0) is 9.10. The summed E-state index contributed by atoms with van der Waals surface area (Å²) in [5, 5.41) is 3.20. The van der Waals surface area contributed by atoms with Crippen molar-refractivity contribution in [2.75, 3.05) is 13.6 Å². The largest absolute Gasteiger partial charge is 0.332 e. The van der Waals surface area contributed by atoms with Gasteiger partial charge < -0.3 is 9.88 Å². The van der Waals surface area contributed by atoms with Crippen molar-refractivity contribution in [3.05, 3.63) is 18.2 Å². The van der Waals surface area contributed by atoms with E-state index in [9.17, 15) is 0 Å². The third-order valence-electron chi connectivity index (χ3n) is 2.84. The van der Waals surface area contributed by atoms with E-state index in [0.29, 0.717) is 6.04 Å². The Morgan fingerprint density at radius 2 is 2.62 bits per heavy atom. The van der Waals surface area contributed by atoms with Crippen LogP contribution in [-0.2, 0) is 6.42 Å². The van der Waals surface area contributed by atoms with Gasteiger partial charge >= 0.3 is 0 Å². The summed E-state index contributed by atoms with van der Waals surface area (Å²) < 4.78 is 2.35. The van der Waals surface area contributed by atoms with Crippen LogP contribution in [0.2, 0.25) is 0 Å². The van der Waals surface area contributed by atoms with Gasteiger partial charge in [-0.05, 0) is 39.3 Å². The van der Waals surface area contributed by atoms with Gasteiger partial charge in [-0.3, -0.25) is 0 Å². The van der Waals surface area contributed by atoms with Gasteiger partial charge in [0.25, 0.3) is 0 Å². The molecule has 1 aliphatic rings. The first-order valence-electron chi connectivity index (χ1n) is 5.07. The molecule has 0 fully saturated rings. The summed E-state index contributed by atoms with van der Waals surface area (Å²) in [5.74, 6) is 0. The lowest BCUT2D eigenvalue weighted by Gasteiger charge is -2.25. The van der Waals surface area contributed by atoms with E-state index in [4.69, 9.17) is 0 Å². The quantitative estimate of drug-likeness (QED) is 0.759. The second-order valence-corrected chi connectivity index (χ2v) is 3.73. The minimum Gasteiger partial charge on any atom is -0.332 e. The molecule has 1 aliphatic heterocycles. The van der Waals surface area contributed by atoms with Gasteiger partial charge in [0, 0.05) is 17.9 Å². The molecule has 0 aliphatic carbocycles. The zero-order valence-corrected chi connectivity index (χ0v) is 8.16. The molecule has 2 heterocycles. The standard InChI is InChI=1S/C10H17N3/c1-11-6-5-9-3-2-4-10-7-12-8-13(9)10/h7-9,11H,2-6H2,1H3. The lowest BCUT2D eigenvalue weighted by atomic mass is 10.0. The predicted octanol–water partition coefficient (Wildman–Crippen LogP) is 1.37. The monoisotopic (exact) mass is 179 g/mol. The summed E-state index contributed by atoms with van der Waals surface area (Å²) in [4.78, 5) is 4.20. The summed E-state index contributed by atoms with van der Waals surface area (Å²) in [6.45, 7) is 1.10. The van der Waals surface area contributed by atoms with Gasteiger partial charge in [0.2, 0.25) is 0 Å². The summed E-state index contributed by atoms with van der Waals surface area (Å²) in [6.07, 6.45) is 9.04. The maximum atomic E-state index is 4.20. The first kappa shape index (κ1) is 8.75. The molecule has 1 N–H and O–H groups in total. The van der Waals surface area contributed by atoms with Crippen molar-refractivity contribution in [2.45, 2.75) is 31.7 Å². The Morgan fingerprint density at radius 3 is 3.46 bits per heavy atom. The molecule has 0 amide bonds. The van der Waals surface area contributed by atoms with Crippen LogP contribution < -0.4 is 5.32 Å². The highest BCUT2D eigenvalue weighted by Gasteiger charge is 2.18. The van der Waals surface area contributed by atoms with E-state index in [2.05, 4.69) is 14.9 Å². The molecule has 72 valence electrons. The molecule has 2 rings (SSSR count). The van der Waals surface area contributed by atoms with Gasteiger partial charge in [-0.25, -0.2) is 4.98 Å². The van der Waals surface area contributed by atoms with E-state index in [0.717, 1.165) is 6.54 Å². The number of hydrogen-bond acceptors (Lipinski definition) is 2. The van der Waals surface area contributed by atoms with Crippen LogP contribution in [0, 0.1) is 0 Å². The number of aryl methyl sites for hydroxylation is 1. The second kappa shape index (κ2) is 3.92. The van der Waals surface area contributed by atoms with Gasteiger partial charge in [0.15, 0.2) is 0 Å². The molecule has 1 aromatic rings. The van der Waals surface area contributed by atoms with Crippen molar-refractivity contribution in [3.8, 4) is 0 Å². The topological polar surface area (TPSA) is 29.9 Å². The van der Waals surface area contributed by atoms with E-state index in [-0.39, 0.29) is 0 Å². The Bertz CT molecular complexity index is 267. The molecule has 0 bridgehead atoms. The number of aromatic nitrogens is 2. The average molecular weight is 179 g/mol. The molecular weight excluding hydrogens is 162 g/mol. The summed E-state index contributed by atoms with van der Waals surface area (Å²) in [5.41, 5.74) is 1.41. The van der Waals surface area contributed by atoms with Crippen molar-refractivity contribution >= 4 is 0 Å². The smallest absolute Gasteiger partial charge is 0.0950 e. The van der Waals surface area contributed by atoms with Crippen molar-refractivity contribution in [1.82, 2.24) is 14.9 Å². The zero-order valence-electron chi connectivity index (χ0n) is 8.16. The Morgan fingerprint density at radius 1 is 1.69 bits per heavy atom. The fourth-order valence-corrected chi connectivity index (χ4v) is 2.11. The fourth-order valence-electron chi connectivity index (χ4n) is 2.11. The first-order valence-corrected chi connectivity index (χ1v) is 5.07. The average Bonchev–Trinajstić information content (AvgIpc) is 2.62. The van der Waals surface area contributed by atoms with Crippen molar-refractivity contribution < 1.29 is 0 Å². The predicted molar refractivity (Wildman–Crippen MR) is 52.7 cm³/mol. The summed E-state index contributed by atoms with van der Waals surface area (Å²) >= 11 is 0. The molecular formula is C10H17N3. The van der Waals surface area contributed by atoms with Gasteiger partial charge in [0.05, 0.1) is 6.33 Å². The molecule has 0 saturated heterocycles. The van der Waals surface area contributed by atoms with E-state index in [1.807, 2.05) is 19.6 Å². The number of fused-ring (bicyclic) bond motifs is 1. The van der Waals surface area contributed by atoms with Gasteiger partial charge in [-0.1, -0.05) is 0 Å². The lowest BCUT2D eigenvalue weighted by molar-refractivity contribution is 0.376. The maximum absolute atomic E-state index is 4.20. The third-order valence-corrected chi connectivity index (χ3v) is 2.84. The fraction of sp³-hybridized carbons (Fsp3) is 0.700. The van der Waals surface area contributed by atoms with Crippen LogP contribution >= 0.6 is 0 Å². The number of nitrogens with one attached hydrogen (secondary N) is 1. The summed E-state index contributed by atoms with van der Waals surface area (Å²) in [6, 6.07) is 0.679. The highest BCUT2D eigenvalue weighted by atomic mass is 15.1. The van der Waals surface area contributed by atoms with Crippen LogP contribution in [0.4, 0.5) is 0 Å². The van der Waals surface area contributed by atoms with Gasteiger partial charge in [0.1, 0.15) is 0 Å². The van der Waals surface area contributed by atoms with Crippen LogP contribution in [-0.4, -0.2) is 23.1 Å². The Kier molecular flexibility index (Phi) is 2.64. The lowest BCUT2D eigenvalue weighted by Crippen LogP contribution is -2.20. The SMILES string of the molecule is CNCCC1CCCc2cncn21. The Balaban J connectivity index is 2.07. The maximum Gasteiger partial charge on any atom is 0.0950 e. The van der Waals surface area contributed by atoms with Crippen molar-refractivity contribution in [1.29, 1.82) is 0 Å². The number of rotatable bonds is 3. The highest BCUT2D eigenvalue weighted by Crippen LogP contribution is 2.26. The molecule has 1 aromatic heterocycles. The van der Waals surface area contributed by atoms with Gasteiger partial charge in [-0.2, -0.15) is 0 Å². The number of imidazole rings is 1. The van der Waals surface area contributed by atoms with E-state index in [1.54, 1.807) is 0 Å². The molecule has 1 atom stereocenters. The minimum atomic E-state index is 0.679. The van der Waals surface area contributed by atoms with Crippen LogP contribution in [0.25, 0.3) is 0 Å². The highest BCUT2D eigenvalue weighted by molar-refractivity contribution is 5.03. The Labute approximate surface area is 79.2 Å². The normalized spacial score (nSPS) is 21.5. The minimum absolute atomic E-state index is 0.679. The second-order valence-electron chi connectivity index (χ2n) is 3.73. The van der Waals surface area contributed by atoms with E-state index < -0.39 is 0 Å². The van der Waals surface area contributed by atoms with E-state index in [1.165, 1.54) is 31.4 Å². The summed E-state index contributed by atoms with van der Waals surface area (Å²) in [7, 11) is 2.01. The van der Waals surface area contributed by atoms with Gasteiger partial charge in [-0.15, -0.1) is 0 Å². The molecule has 13 heavy (non-hydrogen) atoms. The molecule has 3 heteroatoms. The number of hydrogen-bond donors (Lipinski definition) is 1. The molecule has 1 unspecified atom stereocenters. The third kappa shape index (κ3) is 1.75. The van der Waals surface area contributed by atoms with Crippen LogP contribution in [0.15, 0.2) is 12.5 Å². The first-order chi connectivity index (χ1) is 6.42. The molecule has 0 radical (unpaired) electrons. The number of nitrogens with zero attached hydrogens (tertiary/aromatic N) is 2. The molecule has 0 aromatic carbocycles.